The molecule has 2 unspecified atom stereocenters. The van der Waals surface area contributed by atoms with E-state index in [0.717, 1.165) is 25.3 Å². The Morgan fingerprint density at radius 3 is 2.94 bits per heavy atom. The van der Waals surface area contributed by atoms with Crippen LogP contribution in [-0.2, 0) is 10.3 Å². The number of rotatable bonds is 3. The first-order valence-electron chi connectivity index (χ1n) is 5.89. The standard InChI is InChI=1S/C12H21N3O/c1-9(10-4-5-16-7-10)15-8-14-6-11(15)12(2,3)13/h6,8-10H,4-5,7,13H2,1-3H3. The van der Waals surface area contributed by atoms with E-state index in [0.29, 0.717) is 12.0 Å². The lowest BCUT2D eigenvalue weighted by atomic mass is 9.97. The van der Waals surface area contributed by atoms with Gasteiger partial charge in [0, 0.05) is 24.8 Å². The third-order valence-corrected chi connectivity index (χ3v) is 3.41. The predicted octanol–water partition coefficient (Wildman–Crippen LogP) is 1.67. The second-order valence-electron chi connectivity index (χ2n) is 5.27. The molecule has 2 atom stereocenters. The van der Waals surface area contributed by atoms with Crippen molar-refractivity contribution in [2.24, 2.45) is 11.7 Å². The van der Waals surface area contributed by atoms with Gasteiger partial charge in [0.25, 0.3) is 0 Å². The molecule has 0 bridgehead atoms. The van der Waals surface area contributed by atoms with Gasteiger partial charge in [0.15, 0.2) is 0 Å². The molecule has 0 amide bonds. The van der Waals surface area contributed by atoms with E-state index in [4.69, 9.17) is 10.5 Å². The van der Waals surface area contributed by atoms with Crippen molar-refractivity contribution in [3.05, 3.63) is 18.2 Å². The number of hydrogen-bond donors (Lipinski definition) is 1. The molecule has 0 aromatic carbocycles. The maximum absolute atomic E-state index is 6.15. The zero-order valence-electron chi connectivity index (χ0n) is 10.3. The Balaban J connectivity index is 2.23. The molecule has 4 heteroatoms. The third kappa shape index (κ3) is 2.13. The van der Waals surface area contributed by atoms with Crippen LogP contribution in [0.5, 0.6) is 0 Å². The highest BCUT2D eigenvalue weighted by atomic mass is 16.5. The number of hydrogen-bond acceptors (Lipinski definition) is 3. The minimum Gasteiger partial charge on any atom is -0.381 e. The second kappa shape index (κ2) is 4.18. The fourth-order valence-electron chi connectivity index (χ4n) is 2.29. The van der Waals surface area contributed by atoms with Crippen LogP contribution >= 0.6 is 0 Å². The lowest BCUT2D eigenvalue weighted by Crippen LogP contribution is -2.33. The lowest BCUT2D eigenvalue weighted by molar-refractivity contribution is 0.174. The molecule has 1 aliphatic rings. The summed E-state index contributed by atoms with van der Waals surface area (Å²) < 4.78 is 7.63. The second-order valence-corrected chi connectivity index (χ2v) is 5.27. The predicted molar refractivity (Wildman–Crippen MR) is 63.1 cm³/mol. The fraction of sp³-hybridized carbons (Fsp3) is 0.750. The average Bonchev–Trinajstić information content (AvgIpc) is 2.87. The number of nitrogens with zero attached hydrogens (tertiary/aromatic N) is 2. The van der Waals surface area contributed by atoms with E-state index >= 15 is 0 Å². The van der Waals surface area contributed by atoms with Crippen LogP contribution in [0.1, 0.15) is 38.9 Å². The van der Waals surface area contributed by atoms with E-state index in [-0.39, 0.29) is 5.54 Å². The van der Waals surface area contributed by atoms with Gasteiger partial charge >= 0.3 is 0 Å². The fourth-order valence-corrected chi connectivity index (χ4v) is 2.29. The van der Waals surface area contributed by atoms with Gasteiger partial charge in [-0.15, -0.1) is 0 Å². The molecular weight excluding hydrogens is 202 g/mol. The van der Waals surface area contributed by atoms with Crippen LogP contribution in [0.25, 0.3) is 0 Å². The Labute approximate surface area is 96.8 Å². The Morgan fingerprint density at radius 2 is 2.38 bits per heavy atom. The molecule has 4 nitrogen and oxygen atoms in total. The molecule has 1 fully saturated rings. The molecule has 2 N–H and O–H groups in total. The summed E-state index contributed by atoms with van der Waals surface area (Å²) in [5.74, 6) is 0.579. The van der Waals surface area contributed by atoms with Crippen molar-refractivity contribution in [2.45, 2.75) is 38.8 Å². The van der Waals surface area contributed by atoms with Crippen molar-refractivity contribution in [1.29, 1.82) is 0 Å². The highest BCUT2D eigenvalue weighted by molar-refractivity contribution is 5.11. The van der Waals surface area contributed by atoms with Gasteiger partial charge in [-0.25, -0.2) is 4.98 Å². The van der Waals surface area contributed by atoms with Gasteiger partial charge in [-0.3, -0.25) is 0 Å². The molecule has 0 aliphatic carbocycles. The maximum atomic E-state index is 6.15. The third-order valence-electron chi connectivity index (χ3n) is 3.41. The lowest BCUT2D eigenvalue weighted by Gasteiger charge is -2.27. The van der Waals surface area contributed by atoms with Gasteiger partial charge in [-0.05, 0) is 27.2 Å². The van der Waals surface area contributed by atoms with Crippen LogP contribution in [0.3, 0.4) is 0 Å². The molecule has 1 aromatic rings. The maximum Gasteiger partial charge on any atom is 0.0951 e. The van der Waals surface area contributed by atoms with Crippen LogP contribution in [-0.4, -0.2) is 22.8 Å². The van der Waals surface area contributed by atoms with Crippen LogP contribution in [0, 0.1) is 5.92 Å². The molecule has 1 aromatic heterocycles. The highest BCUT2D eigenvalue weighted by Crippen LogP contribution is 2.29. The first-order chi connectivity index (χ1) is 7.50. The van der Waals surface area contributed by atoms with Gasteiger partial charge in [0.2, 0.25) is 0 Å². The van der Waals surface area contributed by atoms with Gasteiger partial charge < -0.3 is 15.0 Å². The van der Waals surface area contributed by atoms with E-state index in [2.05, 4.69) is 16.5 Å². The largest absolute Gasteiger partial charge is 0.381 e. The topological polar surface area (TPSA) is 53.1 Å². The van der Waals surface area contributed by atoms with Crippen molar-refractivity contribution in [3.8, 4) is 0 Å². The summed E-state index contributed by atoms with van der Waals surface area (Å²) >= 11 is 0. The summed E-state index contributed by atoms with van der Waals surface area (Å²) in [5, 5.41) is 0. The number of ether oxygens (including phenoxy) is 1. The number of nitrogens with two attached hydrogens (primary N) is 1. The van der Waals surface area contributed by atoms with E-state index in [9.17, 15) is 0 Å². The zero-order chi connectivity index (χ0) is 11.8. The Morgan fingerprint density at radius 1 is 1.62 bits per heavy atom. The van der Waals surface area contributed by atoms with E-state index in [1.54, 1.807) is 0 Å². The highest BCUT2D eigenvalue weighted by Gasteiger charge is 2.27. The average molecular weight is 223 g/mol. The molecule has 0 spiro atoms. The summed E-state index contributed by atoms with van der Waals surface area (Å²) in [4.78, 5) is 4.22. The van der Waals surface area contributed by atoms with Crippen molar-refractivity contribution < 1.29 is 4.74 Å². The number of imidazole rings is 1. The normalized spacial score (nSPS) is 23.6. The van der Waals surface area contributed by atoms with Gasteiger partial charge in [-0.1, -0.05) is 0 Å². The molecule has 1 saturated heterocycles. The number of aromatic nitrogens is 2. The Kier molecular flexibility index (Phi) is 3.04. The summed E-state index contributed by atoms with van der Waals surface area (Å²) in [6.45, 7) is 7.97. The van der Waals surface area contributed by atoms with Crippen molar-refractivity contribution in [3.63, 3.8) is 0 Å². The minimum absolute atomic E-state index is 0.343. The van der Waals surface area contributed by atoms with Crippen LogP contribution in [0.15, 0.2) is 12.5 Å². The first kappa shape index (κ1) is 11.6. The Hall–Kier alpha value is -0.870. The minimum atomic E-state index is -0.343. The molecule has 90 valence electrons. The molecule has 2 heterocycles. The van der Waals surface area contributed by atoms with E-state index < -0.39 is 0 Å². The summed E-state index contributed by atoms with van der Waals surface area (Å²) in [6.07, 6.45) is 4.88. The molecule has 16 heavy (non-hydrogen) atoms. The molecule has 0 radical (unpaired) electrons. The summed E-state index contributed by atoms with van der Waals surface area (Å²) in [6, 6.07) is 0.405. The Bertz CT molecular complexity index is 347. The zero-order valence-corrected chi connectivity index (χ0v) is 10.3. The van der Waals surface area contributed by atoms with Gasteiger partial charge in [0.05, 0.1) is 24.2 Å². The first-order valence-corrected chi connectivity index (χ1v) is 5.89. The van der Waals surface area contributed by atoms with E-state index in [1.807, 2.05) is 26.4 Å². The summed E-state index contributed by atoms with van der Waals surface area (Å²) in [7, 11) is 0. The quantitative estimate of drug-likeness (QED) is 0.848. The van der Waals surface area contributed by atoms with Crippen molar-refractivity contribution in [1.82, 2.24) is 9.55 Å². The smallest absolute Gasteiger partial charge is 0.0951 e. The monoisotopic (exact) mass is 223 g/mol. The van der Waals surface area contributed by atoms with Crippen LogP contribution in [0.4, 0.5) is 0 Å². The van der Waals surface area contributed by atoms with Crippen molar-refractivity contribution >= 4 is 0 Å². The summed E-state index contributed by atoms with van der Waals surface area (Å²) in [5.41, 5.74) is 6.89. The van der Waals surface area contributed by atoms with Crippen LogP contribution < -0.4 is 5.73 Å². The SMILES string of the molecule is CC(C1CCOC1)n1cncc1C(C)(C)N. The van der Waals surface area contributed by atoms with Gasteiger partial charge in [-0.2, -0.15) is 0 Å². The molecule has 2 rings (SSSR count). The molecule has 1 aliphatic heterocycles. The van der Waals surface area contributed by atoms with Crippen molar-refractivity contribution in [2.75, 3.05) is 13.2 Å². The van der Waals surface area contributed by atoms with Gasteiger partial charge in [0.1, 0.15) is 0 Å². The molecule has 0 saturated carbocycles. The van der Waals surface area contributed by atoms with E-state index in [1.165, 1.54) is 0 Å². The molecular formula is C12H21N3O. The van der Waals surface area contributed by atoms with Crippen LogP contribution in [0.2, 0.25) is 0 Å².